The van der Waals surface area contributed by atoms with Crippen LogP contribution in [0.4, 0.5) is 0 Å². The van der Waals surface area contributed by atoms with Gasteiger partial charge in [0.05, 0.1) is 17.1 Å². The maximum atomic E-state index is 12.6. The number of alkyl halides is 1. The van der Waals surface area contributed by atoms with E-state index in [-0.39, 0.29) is 29.5 Å². The molecular formula is C12H15BrClNO3S. The summed E-state index contributed by atoms with van der Waals surface area (Å²) in [5.41, 5.74) is 0. The number of halogens is 2. The molecule has 1 aromatic rings. The molecular weight excluding hydrogens is 354 g/mol. The van der Waals surface area contributed by atoms with Crippen molar-refractivity contribution < 1.29 is 13.2 Å². The molecule has 0 aromatic heterocycles. The normalized spacial score (nSPS) is 25.4. The second kappa shape index (κ2) is 6.10. The molecule has 1 aliphatic rings. The number of ether oxygens (including phenoxy) is 1. The molecule has 1 heterocycles. The number of morpholine rings is 1. The average molecular weight is 369 g/mol. The Morgan fingerprint density at radius 2 is 2.11 bits per heavy atom. The third kappa shape index (κ3) is 3.31. The number of nitrogens with zero attached hydrogens (tertiary/aromatic N) is 1. The van der Waals surface area contributed by atoms with E-state index in [1.807, 2.05) is 6.92 Å². The Hall–Kier alpha value is -0.140. The van der Waals surface area contributed by atoms with Crippen LogP contribution in [0.2, 0.25) is 0 Å². The second-order valence-electron chi connectivity index (χ2n) is 4.48. The first-order valence-corrected chi connectivity index (χ1v) is 8.68. The zero-order valence-corrected chi connectivity index (χ0v) is 13.6. The van der Waals surface area contributed by atoms with Gasteiger partial charge in [0.25, 0.3) is 0 Å². The first-order chi connectivity index (χ1) is 8.95. The molecule has 0 spiro atoms. The van der Waals surface area contributed by atoms with E-state index in [2.05, 4.69) is 15.9 Å². The number of rotatable bonds is 3. The summed E-state index contributed by atoms with van der Waals surface area (Å²) in [6.07, 6.45) is -0.419. The van der Waals surface area contributed by atoms with Crippen LogP contribution in [-0.2, 0) is 14.8 Å². The SMILES string of the molecule is CC1CN(S(=O)(=O)c2ccccc2Br)CC(CCl)O1. The van der Waals surface area contributed by atoms with Gasteiger partial charge in [0.1, 0.15) is 0 Å². The van der Waals surface area contributed by atoms with Crippen molar-refractivity contribution in [2.45, 2.75) is 24.0 Å². The Kier molecular flexibility index (Phi) is 4.89. The number of hydrogen-bond donors (Lipinski definition) is 0. The van der Waals surface area contributed by atoms with Crippen LogP contribution in [-0.4, -0.2) is 43.9 Å². The van der Waals surface area contributed by atoms with Gasteiger partial charge in [-0.15, -0.1) is 11.6 Å². The van der Waals surface area contributed by atoms with Crippen molar-refractivity contribution in [3.63, 3.8) is 0 Å². The molecule has 106 valence electrons. The van der Waals surface area contributed by atoms with Crippen molar-refractivity contribution in [1.29, 1.82) is 0 Å². The topological polar surface area (TPSA) is 46.6 Å². The highest BCUT2D eigenvalue weighted by Gasteiger charge is 2.34. The minimum Gasteiger partial charge on any atom is -0.371 e. The summed E-state index contributed by atoms with van der Waals surface area (Å²) in [5.74, 6) is 0.284. The first-order valence-electron chi connectivity index (χ1n) is 5.91. The predicted octanol–water partition coefficient (Wildman–Crippen LogP) is 2.47. The molecule has 7 heteroatoms. The molecule has 2 unspecified atom stereocenters. The van der Waals surface area contributed by atoms with E-state index >= 15 is 0 Å². The van der Waals surface area contributed by atoms with E-state index in [1.54, 1.807) is 24.3 Å². The quantitative estimate of drug-likeness (QED) is 0.770. The standard InChI is InChI=1S/C12H15BrClNO3S/c1-9-7-15(8-10(6-14)18-9)19(16,17)12-5-3-2-4-11(12)13/h2-5,9-10H,6-8H2,1H3. The largest absolute Gasteiger partial charge is 0.371 e. The highest BCUT2D eigenvalue weighted by atomic mass is 79.9. The van der Waals surface area contributed by atoms with Crippen molar-refractivity contribution in [3.8, 4) is 0 Å². The van der Waals surface area contributed by atoms with Gasteiger partial charge in [-0.1, -0.05) is 12.1 Å². The van der Waals surface area contributed by atoms with Crippen LogP contribution in [0.25, 0.3) is 0 Å². The molecule has 2 rings (SSSR count). The third-order valence-corrected chi connectivity index (χ3v) is 6.11. The van der Waals surface area contributed by atoms with Gasteiger partial charge >= 0.3 is 0 Å². The van der Waals surface area contributed by atoms with Crippen molar-refractivity contribution in [2.24, 2.45) is 0 Å². The molecule has 0 radical (unpaired) electrons. The van der Waals surface area contributed by atoms with Gasteiger partial charge in [0.2, 0.25) is 10.0 Å². The van der Waals surface area contributed by atoms with Crippen LogP contribution in [0.5, 0.6) is 0 Å². The summed E-state index contributed by atoms with van der Waals surface area (Å²) in [5, 5.41) is 0. The van der Waals surface area contributed by atoms with Gasteiger partial charge in [0, 0.05) is 23.4 Å². The average Bonchev–Trinajstić information content (AvgIpc) is 2.38. The van der Waals surface area contributed by atoms with Gasteiger partial charge in [0.15, 0.2) is 0 Å². The smallest absolute Gasteiger partial charge is 0.244 e. The fraction of sp³-hybridized carbons (Fsp3) is 0.500. The monoisotopic (exact) mass is 367 g/mol. The van der Waals surface area contributed by atoms with Crippen LogP contribution in [0, 0.1) is 0 Å². The number of sulfonamides is 1. The Morgan fingerprint density at radius 3 is 2.74 bits per heavy atom. The van der Waals surface area contributed by atoms with Crippen molar-refractivity contribution >= 4 is 37.6 Å². The van der Waals surface area contributed by atoms with Crippen molar-refractivity contribution in [2.75, 3.05) is 19.0 Å². The van der Waals surface area contributed by atoms with E-state index in [9.17, 15) is 8.42 Å². The first kappa shape index (κ1) is 15.3. The number of benzene rings is 1. The van der Waals surface area contributed by atoms with Gasteiger partial charge in [-0.2, -0.15) is 4.31 Å². The lowest BCUT2D eigenvalue weighted by molar-refractivity contribution is -0.0423. The molecule has 1 fully saturated rings. The van der Waals surface area contributed by atoms with E-state index in [4.69, 9.17) is 16.3 Å². The fourth-order valence-electron chi connectivity index (χ4n) is 2.08. The summed E-state index contributed by atoms with van der Waals surface area (Å²) < 4.78 is 32.8. The lowest BCUT2D eigenvalue weighted by Gasteiger charge is -2.35. The van der Waals surface area contributed by atoms with E-state index < -0.39 is 10.0 Å². The lowest BCUT2D eigenvalue weighted by atomic mass is 10.3. The van der Waals surface area contributed by atoms with E-state index in [0.717, 1.165) is 0 Å². The summed E-state index contributed by atoms with van der Waals surface area (Å²) >= 11 is 9.07. The molecule has 4 nitrogen and oxygen atoms in total. The molecule has 1 saturated heterocycles. The van der Waals surface area contributed by atoms with E-state index in [1.165, 1.54) is 4.31 Å². The number of hydrogen-bond acceptors (Lipinski definition) is 3. The van der Waals surface area contributed by atoms with Crippen molar-refractivity contribution in [1.82, 2.24) is 4.31 Å². The minimum absolute atomic E-state index is 0.158. The summed E-state index contributed by atoms with van der Waals surface area (Å²) in [7, 11) is -3.52. The van der Waals surface area contributed by atoms with Crippen LogP contribution in [0.15, 0.2) is 33.6 Å². The Morgan fingerprint density at radius 1 is 1.42 bits per heavy atom. The summed E-state index contributed by atoms with van der Waals surface area (Å²) in [4.78, 5) is 0.275. The molecule has 2 atom stereocenters. The van der Waals surface area contributed by atoms with Crippen LogP contribution >= 0.6 is 27.5 Å². The highest BCUT2D eigenvalue weighted by molar-refractivity contribution is 9.10. The van der Waals surface area contributed by atoms with Crippen molar-refractivity contribution in [3.05, 3.63) is 28.7 Å². The zero-order chi connectivity index (χ0) is 14.0. The maximum absolute atomic E-state index is 12.6. The fourth-order valence-corrected chi connectivity index (χ4v) is 4.76. The predicted molar refractivity (Wildman–Crippen MR) is 78.0 cm³/mol. The van der Waals surface area contributed by atoms with Gasteiger partial charge < -0.3 is 4.74 Å². The third-order valence-electron chi connectivity index (χ3n) is 2.92. The minimum atomic E-state index is -3.52. The molecule has 1 aromatic carbocycles. The lowest BCUT2D eigenvalue weighted by Crippen LogP contribution is -2.49. The summed E-state index contributed by atoms with van der Waals surface area (Å²) in [6, 6.07) is 6.80. The van der Waals surface area contributed by atoms with Gasteiger partial charge in [-0.3, -0.25) is 0 Å². The van der Waals surface area contributed by atoms with Crippen LogP contribution < -0.4 is 0 Å². The highest BCUT2D eigenvalue weighted by Crippen LogP contribution is 2.27. The van der Waals surface area contributed by atoms with E-state index in [0.29, 0.717) is 11.0 Å². The second-order valence-corrected chi connectivity index (χ2v) is 7.54. The molecule has 0 aliphatic carbocycles. The van der Waals surface area contributed by atoms with Crippen LogP contribution in [0.3, 0.4) is 0 Å². The molecule has 19 heavy (non-hydrogen) atoms. The molecule has 0 bridgehead atoms. The molecule has 0 amide bonds. The van der Waals surface area contributed by atoms with Crippen LogP contribution in [0.1, 0.15) is 6.92 Å². The zero-order valence-electron chi connectivity index (χ0n) is 10.4. The Labute approximate surface area is 126 Å². The summed E-state index contributed by atoms with van der Waals surface area (Å²) in [6.45, 7) is 2.48. The Balaban J connectivity index is 2.32. The molecule has 0 saturated carbocycles. The molecule has 0 N–H and O–H groups in total. The van der Waals surface area contributed by atoms with Gasteiger partial charge in [-0.05, 0) is 35.0 Å². The van der Waals surface area contributed by atoms with Gasteiger partial charge in [-0.25, -0.2) is 8.42 Å². The maximum Gasteiger partial charge on any atom is 0.244 e. The molecule has 1 aliphatic heterocycles. The Bertz CT molecular complexity index is 552.